The molecule has 1 heterocycles. The average Bonchev–Trinajstić information content (AvgIpc) is 2.77. The molecule has 4 amide bonds. The SMILES string of the molecule is Cc1cc(C)cc(N(C)C(=O)CCCN2C(=O)CNC2=O)c1. The summed E-state index contributed by atoms with van der Waals surface area (Å²) in [4.78, 5) is 37.8. The van der Waals surface area contributed by atoms with Crippen molar-refractivity contribution in [3.05, 3.63) is 29.3 Å². The molecule has 2 rings (SSSR count). The summed E-state index contributed by atoms with van der Waals surface area (Å²) < 4.78 is 0. The quantitative estimate of drug-likeness (QED) is 0.840. The molecule has 0 bridgehead atoms. The van der Waals surface area contributed by atoms with Gasteiger partial charge in [-0.2, -0.15) is 0 Å². The normalized spacial score (nSPS) is 14.2. The number of hydrogen-bond donors (Lipinski definition) is 1. The van der Waals surface area contributed by atoms with E-state index in [1.807, 2.05) is 26.0 Å². The van der Waals surface area contributed by atoms with Crippen LogP contribution in [-0.4, -0.2) is 42.9 Å². The van der Waals surface area contributed by atoms with Crippen molar-refractivity contribution in [1.82, 2.24) is 10.2 Å². The monoisotopic (exact) mass is 303 g/mol. The van der Waals surface area contributed by atoms with Crippen molar-refractivity contribution in [2.45, 2.75) is 26.7 Å². The molecule has 0 saturated carbocycles. The lowest BCUT2D eigenvalue weighted by Gasteiger charge is -2.19. The molecule has 6 heteroatoms. The van der Waals surface area contributed by atoms with Crippen molar-refractivity contribution in [3.8, 4) is 0 Å². The van der Waals surface area contributed by atoms with Crippen molar-refractivity contribution >= 4 is 23.5 Å². The largest absolute Gasteiger partial charge is 0.329 e. The summed E-state index contributed by atoms with van der Waals surface area (Å²) in [6.07, 6.45) is 0.758. The highest BCUT2D eigenvalue weighted by Gasteiger charge is 2.27. The van der Waals surface area contributed by atoms with E-state index in [1.165, 1.54) is 0 Å². The van der Waals surface area contributed by atoms with Gasteiger partial charge in [-0.3, -0.25) is 14.5 Å². The van der Waals surface area contributed by atoms with Crippen molar-refractivity contribution in [1.29, 1.82) is 0 Å². The van der Waals surface area contributed by atoms with Crippen LogP contribution in [0.4, 0.5) is 10.5 Å². The van der Waals surface area contributed by atoms with Gasteiger partial charge in [0.2, 0.25) is 11.8 Å². The van der Waals surface area contributed by atoms with Crippen LogP contribution in [0.25, 0.3) is 0 Å². The third-order valence-corrected chi connectivity index (χ3v) is 3.68. The van der Waals surface area contributed by atoms with Gasteiger partial charge in [0.25, 0.3) is 0 Å². The highest BCUT2D eigenvalue weighted by atomic mass is 16.2. The maximum absolute atomic E-state index is 12.2. The molecule has 1 fully saturated rings. The summed E-state index contributed by atoms with van der Waals surface area (Å²) in [5, 5.41) is 2.46. The minimum atomic E-state index is -0.375. The molecular formula is C16H21N3O3. The molecule has 0 spiro atoms. The van der Waals surface area contributed by atoms with Crippen molar-refractivity contribution in [2.24, 2.45) is 0 Å². The van der Waals surface area contributed by atoms with Crippen molar-refractivity contribution in [2.75, 3.05) is 25.0 Å². The van der Waals surface area contributed by atoms with Gasteiger partial charge in [-0.25, -0.2) is 4.79 Å². The molecule has 0 unspecified atom stereocenters. The van der Waals surface area contributed by atoms with Crippen LogP contribution >= 0.6 is 0 Å². The number of benzene rings is 1. The number of nitrogens with zero attached hydrogens (tertiary/aromatic N) is 2. The second-order valence-electron chi connectivity index (χ2n) is 5.61. The zero-order valence-electron chi connectivity index (χ0n) is 13.2. The Balaban J connectivity index is 1.89. The van der Waals surface area contributed by atoms with Crippen LogP contribution < -0.4 is 10.2 Å². The van der Waals surface area contributed by atoms with Crippen LogP contribution in [0.1, 0.15) is 24.0 Å². The number of carbonyl (C=O) groups is 3. The van der Waals surface area contributed by atoms with E-state index in [-0.39, 0.29) is 30.9 Å². The molecule has 0 atom stereocenters. The first kappa shape index (κ1) is 16.0. The molecule has 6 nitrogen and oxygen atoms in total. The van der Waals surface area contributed by atoms with Gasteiger partial charge in [-0.05, 0) is 43.5 Å². The van der Waals surface area contributed by atoms with E-state index in [4.69, 9.17) is 0 Å². The standard InChI is InChI=1S/C16H21N3O3/c1-11-7-12(2)9-13(8-11)18(3)14(20)5-4-6-19-15(21)10-17-16(19)22/h7-9H,4-6,10H2,1-3H3,(H,17,22). The lowest BCUT2D eigenvalue weighted by atomic mass is 10.1. The summed E-state index contributed by atoms with van der Waals surface area (Å²) in [5.74, 6) is -0.267. The van der Waals surface area contributed by atoms with Gasteiger partial charge in [-0.1, -0.05) is 6.07 Å². The van der Waals surface area contributed by atoms with Crippen molar-refractivity contribution in [3.63, 3.8) is 0 Å². The predicted octanol–water partition coefficient (Wildman–Crippen LogP) is 1.60. The molecule has 0 radical (unpaired) electrons. The summed E-state index contributed by atoms with van der Waals surface area (Å²) >= 11 is 0. The molecule has 1 aromatic carbocycles. The molecule has 0 aromatic heterocycles. The van der Waals surface area contributed by atoms with Crippen LogP contribution in [0.15, 0.2) is 18.2 Å². The molecule has 118 valence electrons. The Morgan fingerprint density at radius 2 is 1.86 bits per heavy atom. The minimum Gasteiger partial charge on any atom is -0.329 e. The zero-order chi connectivity index (χ0) is 16.3. The number of amides is 4. The number of urea groups is 1. The summed E-state index contributed by atoms with van der Waals surface area (Å²) in [6, 6.07) is 5.60. The number of hydrogen-bond acceptors (Lipinski definition) is 3. The first-order chi connectivity index (χ1) is 10.4. The first-order valence-corrected chi connectivity index (χ1v) is 7.31. The Morgan fingerprint density at radius 1 is 1.23 bits per heavy atom. The molecule has 1 aromatic rings. The minimum absolute atomic E-state index is 0.0305. The van der Waals surface area contributed by atoms with Crippen LogP contribution in [-0.2, 0) is 9.59 Å². The van der Waals surface area contributed by atoms with Crippen LogP contribution in [0.2, 0.25) is 0 Å². The average molecular weight is 303 g/mol. The summed E-state index contributed by atoms with van der Waals surface area (Å²) in [6.45, 7) is 4.31. The van der Waals surface area contributed by atoms with E-state index in [2.05, 4.69) is 11.4 Å². The molecule has 1 N–H and O–H groups in total. The maximum Gasteiger partial charge on any atom is 0.324 e. The Labute approximate surface area is 130 Å². The molecule has 1 aliphatic rings. The Bertz CT molecular complexity index is 576. The van der Waals surface area contributed by atoms with Gasteiger partial charge in [-0.15, -0.1) is 0 Å². The smallest absolute Gasteiger partial charge is 0.324 e. The maximum atomic E-state index is 12.2. The van der Waals surface area contributed by atoms with Gasteiger partial charge >= 0.3 is 6.03 Å². The summed E-state index contributed by atoms with van der Waals surface area (Å²) in [5.41, 5.74) is 3.07. The topological polar surface area (TPSA) is 69.7 Å². The van der Waals surface area contributed by atoms with E-state index in [0.717, 1.165) is 21.7 Å². The Hall–Kier alpha value is -2.37. The Kier molecular flexibility index (Phi) is 4.80. The lowest BCUT2D eigenvalue weighted by molar-refractivity contribution is -0.125. The number of carbonyl (C=O) groups excluding carboxylic acids is 3. The molecular weight excluding hydrogens is 282 g/mol. The third-order valence-electron chi connectivity index (χ3n) is 3.68. The fourth-order valence-corrected chi connectivity index (χ4v) is 2.53. The van der Waals surface area contributed by atoms with Crippen molar-refractivity contribution < 1.29 is 14.4 Å². The van der Waals surface area contributed by atoms with E-state index in [0.29, 0.717) is 12.8 Å². The molecule has 1 aliphatic heterocycles. The van der Waals surface area contributed by atoms with Gasteiger partial charge in [0.1, 0.15) is 0 Å². The zero-order valence-corrected chi connectivity index (χ0v) is 13.2. The van der Waals surface area contributed by atoms with E-state index in [9.17, 15) is 14.4 Å². The van der Waals surface area contributed by atoms with E-state index in [1.54, 1.807) is 11.9 Å². The van der Waals surface area contributed by atoms with Gasteiger partial charge in [0.15, 0.2) is 0 Å². The third kappa shape index (κ3) is 3.63. The van der Waals surface area contributed by atoms with E-state index < -0.39 is 0 Å². The van der Waals surface area contributed by atoms with Crippen LogP contribution in [0.3, 0.4) is 0 Å². The summed E-state index contributed by atoms with van der Waals surface area (Å²) in [7, 11) is 1.74. The van der Waals surface area contributed by atoms with E-state index >= 15 is 0 Å². The first-order valence-electron chi connectivity index (χ1n) is 7.31. The second kappa shape index (κ2) is 6.60. The Morgan fingerprint density at radius 3 is 2.41 bits per heavy atom. The lowest BCUT2D eigenvalue weighted by Crippen LogP contribution is -2.33. The number of nitrogens with one attached hydrogen (secondary N) is 1. The predicted molar refractivity (Wildman–Crippen MR) is 83.7 cm³/mol. The van der Waals surface area contributed by atoms with Gasteiger partial charge in [0, 0.05) is 25.7 Å². The van der Waals surface area contributed by atoms with Crippen LogP contribution in [0.5, 0.6) is 0 Å². The fraction of sp³-hybridized carbons (Fsp3) is 0.438. The van der Waals surface area contributed by atoms with Crippen LogP contribution in [0, 0.1) is 13.8 Å². The van der Waals surface area contributed by atoms with Gasteiger partial charge in [0.05, 0.1) is 6.54 Å². The molecule has 0 aliphatic carbocycles. The second-order valence-corrected chi connectivity index (χ2v) is 5.61. The number of aryl methyl sites for hydroxylation is 2. The number of anilines is 1. The van der Waals surface area contributed by atoms with Gasteiger partial charge < -0.3 is 10.2 Å². The number of rotatable bonds is 5. The number of imide groups is 1. The fourth-order valence-electron chi connectivity index (χ4n) is 2.53. The molecule has 1 saturated heterocycles. The highest BCUT2D eigenvalue weighted by molar-refractivity contribution is 6.02. The molecule has 22 heavy (non-hydrogen) atoms. The highest BCUT2D eigenvalue weighted by Crippen LogP contribution is 2.18.